The molecule has 2 heteroatoms. The minimum absolute atomic E-state index is 0.580. The Morgan fingerprint density at radius 2 is 0.914 bits per heavy atom. The average Bonchev–Trinajstić information content (AvgIpc) is 3.85. The number of hydrogen-bond acceptors (Lipinski definition) is 1. The van der Waals surface area contributed by atoms with E-state index in [1.54, 1.807) is 0 Å². The minimum Gasteiger partial charge on any atom is -0.455 e. The van der Waals surface area contributed by atoms with Crippen LogP contribution in [0.1, 0.15) is 43.6 Å². The molecule has 1 fully saturated rings. The number of fused-ring (bicyclic) bond motifs is 8. The van der Waals surface area contributed by atoms with Crippen molar-refractivity contribution in [1.29, 1.82) is 0 Å². The average molecular weight is 744 g/mol. The van der Waals surface area contributed by atoms with Crippen LogP contribution in [-0.4, -0.2) is 4.57 Å². The van der Waals surface area contributed by atoms with Gasteiger partial charge in [-0.2, -0.15) is 0 Å². The third kappa shape index (κ3) is 5.11. The highest BCUT2D eigenvalue weighted by atomic mass is 16.3. The number of furan rings is 1. The van der Waals surface area contributed by atoms with Crippen LogP contribution >= 0.6 is 0 Å². The summed E-state index contributed by atoms with van der Waals surface area (Å²) in [6.45, 7) is 0. The van der Waals surface area contributed by atoms with Gasteiger partial charge in [0.25, 0.3) is 0 Å². The van der Waals surface area contributed by atoms with Gasteiger partial charge < -0.3 is 8.98 Å². The Hall–Kier alpha value is -6.90. The maximum atomic E-state index is 6.92. The molecule has 0 N–H and O–H groups in total. The second-order valence-electron chi connectivity index (χ2n) is 16.2. The first-order valence-corrected chi connectivity index (χ1v) is 20.9. The lowest BCUT2D eigenvalue weighted by Gasteiger charge is -2.21. The van der Waals surface area contributed by atoms with Crippen LogP contribution in [0, 0.1) is 0 Å². The van der Waals surface area contributed by atoms with E-state index in [4.69, 9.17) is 4.42 Å². The maximum Gasteiger partial charge on any atom is 0.143 e. The van der Waals surface area contributed by atoms with Gasteiger partial charge in [0.2, 0.25) is 0 Å². The quantitative estimate of drug-likeness (QED) is 0.161. The molecule has 0 unspecified atom stereocenters. The standard InChI is InChI=1S/C56H41NO/c1-3-15-36(16-4-1)41-24-13-26-48-49-27-14-25-42(56(49)58-55(41)48)39-31-34-52-50(35-39)43-19-11-12-28-51(43)57(52)40-32-29-38(30-33-40)54-46-22-9-7-20-44(46)53(37-17-5-2-6-18-37)45-21-8-10-23-47(45)54/h2,5-14,17-36H,1,3-4,15-16H2. The van der Waals surface area contributed by atoms with Gasteiger partial charge in [0.15, 0.2) is 0 Å². The molecule has 0 saturated heterocycles. The summed E-state index contributed by atoms with van der Waals surface area (Å²) in [6.07, 6.45) is 6.47. The Bertz CT molecular complexity index is 3300. The zero-order valence-corrected chi connectivity index (χ0v) is 32.3. The summed E-state index contributed by atoms with van der Waals surface area (Å²) in [5.74, 6) is 0.580. The second-order valence-corrected chi connectivity index (χ2v) is 16.2. The molecule has 0 atom stereocenters. The normalized spacial score (nSPS) is 13.8. The van der Waals surface area contributed by atoms with Crippen molar-refractivity contribution in [3.8, 4) is 39.1 Å². The minimum atomic E-state index is 0.580. The van der Waals surface area contributed by atoms with Gasteiger partial charge in [-0.15, -0.1) is 0 Å². The number of para-hydroxylation sites is 3. The highest BCUT2D eigenvalue weighted by molar-refractivity contribution is 6.21. The fraction of sp³-hybridized carbons (Fsp3) is 0.107. The number of hydrogen-bond donors (Lipinski definition) is 0. The molecule has 2 nitrogen and oxygen atoms in total. The van der Waals surface area contributed by atoms with Crippen LogP contribution in [0.4, 0.5) is 0 Å². The summed E-state index contributed by atoms with van der Waals surface area (Å²) >= 11 is 0. The Kier molecular flexibility index (Phi) is 7.66. The highest BCUT2D eigenvalue weighted by Gasteiger charge is 2.23. The van der Waals surface area contributed by atoms with E-state index in [0.717, 1.165) is 22.4 Å². The summed E-state index contributed by atoms with van der Waals surface area (Å²) in [5, 5.41) is 9.98. The molecule has 276 valence electrons. The maximum absolute atomic E-state index is 6.92. The molecule has 11 aromatic rings. The van der Waals surface area contributed by atoms with Crippen LogP contribution in [0.3, 0.4) is 0 Å². The van der Waals surface area contributed by atoms with Gasteiger partial charge in [-0.05, 0) is 104 Å². The van der Waals surface area contributed by atoms with Crippen LogP contribution in [0.15, 0.2) is 186 Å². The topological polar surface area (TPSA) is 18.1 Å². The zero-order valence-electron chi connectivity index (χ0n) is 32.3. The summed E-state index contributed by atoms with van der Waals surface area (Å²) in [7, 11) is 0. The van der Waals surface area contributed by atoms with E-state index in [9.17, 15) is 0 Å². The second kappa shape index (κ2) is 13.4. The van der Waals surface area contributed by atoms with Gasteiger partial charge in [0.1, 0.15) is 11.2 Å². The SMILES string of the molecule is c1ccc(-c2c3ccccc3c(-c3ccc(-n4c5ccccc5c5cc(-c6cccc7c6oc6c(C8CCCCC8)cccc67)ccc54)cc3)c3ccccc23)cc1. The van der Waals surface area contributed by atoms with Crippen LogP contribution < -0.4 is 0 Å². The Balaban J connectivity index is 0.992. The van der Waals surface area contributed by atoms with Crippen molar-refractivity contribution in [1.82, 2.24) is 4.57 Å². The fourth-order valence-corrected chi connectivity index (χ4v) is 10.4. The lowest BCUT2D eigenvalue weighted by atomic mass is 9.83. The van der Waals surface area contributed by atoms with E-state index < -0.39 is 0 Å². The molecule has 1 aliphatic carbocycles. The molecule has 0 bridgehead atoms. The van der Waals surface area contributed by atoms with E-state index in [1.165, 1.54) is 120 Å². The third-order valence-electron chi connectivity index (χ3n) is 13.0. The van der Waals surface area contributed by atoms with Crippen molar-refractivity contribution in [2.75, 3.05) is 0 Å². The molecule has 0 radical (unpaired) electrons. The van der Waals surface area contributed by atoms with Gasteiger partial charge in [-0.3, -0.25) is 0 Å². The largest absolute Gasteiger partial charge is 0.455 e. The lowest BCUT2D eigenvalue weighted by molar-refractivity contribution is 0.442. The van der Waals surface area contributed by atoms with Crippen molar-refractivity contribution in [3.63, 3.8) is 0 Å². The molecule has 12 rings (SSSR count). The van der Waals surface area contributed by atoms with Crippen molar-refractivity contribution in [2.24, 2.45) is 0 Å². The molecule has 0 spiro atoms. The van der Waals surface area contributed by atoms with E-state index in [1.807, 2.05) is 0 Å². The molecule has 1 aliphatic rings. The molecule has 0 aliphatic heterocycles. The Morgan fingerprint density at radius 1 is 0.379 bits per heavy atom. The van der Waals surface area contributed by atoms with E-state index >= 15 is 0 Å². The van der Waals surface area contributed by atoms with Gasteiger partial charge in [0.05, 0.1) is 11.0 Å². The van der Waals surface area contributed by atoms with Crippen LogP contribution in [0.25, 0.3) is 104 Å². The zero-order chi connectivity index (χ0) is 38.2. The monoisotopic (exact) mass is 743 g/mol. The summed E-state index contributed by atoms with van der Waals surface area (Å²) in [5.41, 5.74) is 14.3. The first-order valence-electron chi connectivity index (χ1n) is 20.9. The summed E-state index contributed by atoms with van der Waals surface area (Å²) in [4.78, 5) is 0. The predicted octanol–water partition coefficient (Wildman–Crippen LogP) is 16.0. The molecular formula is C56H41NO. The molecule has 2 aromatic heterocycles. The third-order valence-corrected chi connectivity index (χ3v) is 13.0. The van der Waals surface area contributed by atoms with Gasteiger partial charge >= 0.3 is 0 Å². The fourth-order valence-electron chi connectivity index (χ4n) is 10.4. The molecule has 58 heavy (non-hydrogen) atoms. The summed E-state index contributed by atoms with van der Waals surface area (Å²) < 4.78 is 9.34. The van der Waals surface area contributed by atoms with Crippen molar-refractivity contribution < 1.29 is 4.42 Å². The molecule has 0 amide bonds. The molecule has 9 aromatic carbocycles. The van der Waals surface area contributed by atoms with Gasteiger partial charge in [0, 0.05) is 32.8 Å². The van der Waals surface area contributed by atoms with E-state index in [-0.39, 0.29) is 0 Å². The molecular weight excluding hydrogens is 703 g/mol. The highest BCUT2D eigenvalue weighted by Crippen LogP contribution is 2.45. The number of benzene rings is 9. The molecule has 1 saturated carbocycles. The predicted molar refractivity (Wildman–Crippen MR) is 245 cm³/mol. The first kappa shape index (κ1) is 33.3. The van der Waals surface area contributed by atoms with E-state index in [2.05, 4.69) is 187 Å². The van der Waals surface area contributed by atoms with Gasteiger partial charge in [-0.1, -0.05) is 171 Å². The Morgan fingerprint density at radius 3 is 1.60 bits per heavy atom. The number of nitrogens with zero attached hydrogens (tertiary/aromatic N) is 1. The Labute approximate surface area is 337 Å². The van der Waals surface area contributed by atoms with E-state index in [0.29, 0.717) is 5.92 Å². The first-order chi connectivity index (χ1) is 28.8. The smallest absolute Gasteiger partial charge is 0.143 e. The van der Waals surface area contributed by atoms with Crippen molar-refractivity contribution >= 4 is 65.3 Å². The number of rotatable bonds is 5. The van der Waals surface area contributed by atoms with Crippen molar-refractivity contribution in [2.45, 2.75) is 38.0 Å². The van der Waals surface area contributed by atoms with Crippen LogP contribution in [0.2, 0.25) is 0 Å². The number of aromatic nitrogens is 1. The molecule has 2 heterocycles. The van der Waals surface area contributed by atoms with Crippen LogP contribution in [0.5, 0.6) is 0 Å². The summed E-state index contributed by atoms with van der Waals surface area (Å²) in [6, 6.07) is 67.0. The lowest BCUT2D eigenvalue weighted by Crippen LogP contribution is -2.04. The van der Waals surface area contributed by atoms with Crippen molar-refractivity contribution in [3.05, 3.63) is 188 Å². The van der Waals surface area contributed by atoms with Crippen LogP contribution in [-0.2, 0) is 0 Å². The van der Waals surface area contributed by atoms with Gasteiger partial charge in [-0.25, -0.2) is 0 Å².